The summed E-state index contributed by atoms with van der Waals surface area (Å²) in [7, 11) is 0. The lowest BCUT2D eigenvalue weighted by molar-refractivity contribution is -0.154. The summed E-state index contributed by atoms with van der Waals surface area (Å²) in [5.41, 5.74) is 0.639. The van der Waals surface area contributed by atoms with Crippen molar-refractivity contribution in [3.8, 4) is 5.75 Å². The molecule has 0 bridgehead atoms. The highest BCUT2D eigenvalue weighted by Gasteiger charge is 2.31. The Morgan fingerprint density at radius 2 is 2.00 bits per heavy atom. The topological polar surface area (TPSA) is 84.9 Å². The normalized spacial score (nSPS) is 20.6. The number of esters is 1. The number of anilines is 1. The van der Waals surface area contributed by atoms with Crippen LogP contribution in [0, 0.1) is 0 Å². The van der Waals surface area contributed by atoms with Gasteiger partial charge in [0.25, 0.3) is 11.8 Å². The second-order valence-electron chi connectivity index (χ2n) is 7.09. The average molecular weight is 374 g/mol. The van der Waals surface area contributed by atoms with Crippen molar-refractivity contribution < 1.29 is 23.9 Å². The first-order chi connectivity index (χ1) is 13.0. The van der Waals surface area contributed by atoms with Crippen LogP contribution in [0.3, 0.4) is 0 Å². The Kier molecular flexibility index (Phi) is 5.98. The van der Waals surface area contributed by atoms with Crippen molar-refractivity contribution in [1.82, 2.24) is 5.32 Å². The van der Waals surface area contributed by atoms with E-state index in [4.69, 9.17) is 9.47 Å². The minimum absolute atomic E-state index is 0.00778. The van der Waals surface area contributed by atoms with Gasteiger partial charge < -0.3 is 19.7 Å². The van der Waals surface area contributed by atoms with E-state index in [1.165, 1.54) is 4.90 Å². The summed E-state index contributed by atoms with van der Waals surface area (Å²) in [6.07, 6.45) is 2.75. The predicted molar refractivity (Wildman–Crippen MR) is 99.5 cm³/mol. The number of benzene rings is 1. The molecule has 7 nitrogen and oxygen atoms in total. The number of nitrogens with zero attached hydrogens (tertiary/aromatic N) is 1. The highest BCUT2D eigenvalue weighted by molar-refractivity contribution is 6.00. The number of carbonyl (C=O) groups excluding carboxylic acids is 3. The van der Waals surface area contributed by atoms with Crippen molar-refractivity contribution in [2.45, 2.75) is 64.2 Å². The lowest BCUT2D eigenvalue weighted by atomic mass is 10.2. The summed E-state index contributed by atoms with van der Waals surface area (Å²) in [6, 6.07) is 7.40. The molecular formula is C20H26N2O5. The molecule has 2 amide bonds. The minimum atomic E-state index is -0.843. The molecule has 3 rings (SSSR count). The molecule has 1 aromatic rings. The maximum Gasteiger partial charge on any atom is 0.308 e. The number of hydrogen-bond acceptors (Lipinski definition) is 5. The molecule has 7 heteroatoms. The maximum atomic E-state index is 12.4. The molecule has 146 valence electrons. The molecule has 1 N–H and O–H groups in total. The van der Waals surface area contributed by atoms with Gasteiger partial charge in [0.2, 0.25) is 0 Å². The van der Waals surface area contributed by atoms with Crippen LogP contribution in [-0.4, -0.2) is 42.6 Å². The Bertz CT molecular complexity index is 714. The first-order valence-electron chi connectivity index (χ1n) is 9.52. The van der Waals surface area contributed by atoms with Gasteiger partial charge in [-0.25, -0.2) is 0 Å². The number of nitrogens with one attached hydrogen (secondary N) is 1. The zero-order chi connectivity index (χ0) is 19.4. The molecule has 0 spiro atoms. The van der Waals surface area contributed by atoms with Gasteiger partial charge >= 0.3 is 5.97 Å². The Balaban J connectivity index is 1.52. The molecule has 2 atom stereocenters. The SMILES string of the molecule is CC(OC(=O)CCN1C(=O)C(C)Oc2ccccc21)C(=O)NC1CCCC1. The van der Waals surface area contributed by atoms with E-state index in [0.29, 0.717) is 11.4 Å². The van der Waals surface area contributed by atoms with Crippen LogP contribution < -0.4 is 15.0 Å². The standard InChI is InChI=1S/C20H26N2O5/c1-13(19(24)21-15-7-3-4-8-15)27-18(23)11-12-22-16-9-5-6-10-17(16)26-14(2)20(22)25/h5-6,9-10,13-15H,3-4,7-8,11-12H2,1-2H3,(H,21,24). The van der Waals surface area contributed by atoms with Gasteiger partial charge in [0.05, 0.1) is 12.1 Å². The zero-order valence-corrected chi connectivity index (χ0v) is 15.8. The largest absolute Gasteiger partial charge is 0.479 e. The van der Waals surface area contributed by atoms with E-state index in [0.717, 1.165) is 25.7 Å². The summed E-state index contributed by atoms with van der Waals surface area (Å²) in [6.45, 7) is 3.43. The number of amides is 2. The molecule has 0 saturated heterocycles. The maximum absolute atomic E-state index is 12.4. The smallest absolute Gasteiger partial charge is 0.308 e. The molecule has 0 aromatic heterocycles. The fourth-order valence-corrected chi connectivity index (χ4v) is 3.49. The Labute approximate surface area is 159 Å². The lowest BCUT2D eigenvalue weighted by Crippen LogP contribution is -2.45. The number of ether oxygens (including phenoxy) is 2. The van der Waals surface area contributed by atoms with Crippen molar-refractivity contribution >= 4 is 23.5 Å². The monoisotopic (exact) mass is 374 g/mol. The van der Waals surface area contributed by atoms with Gasteiger partial charge in [-0.2, -0.15) is 0 Å². The van der Waals surface area contributed by atoms with Gasteiger partial charge in [-0.05, 0) is 38.8 Å². The summed E-state index contributed by atoms with van der Waals surface area (Å²) in [5, 5.41) is 2.92. The van der Waals surface area contributed by atoms with Gasteiger partial charge in [-0.15, -0.1) is 0 Å². The van der Waals surface area contributed by atoms with Gasteiger partial charge in [-0.3, -0.25) is 14.4 Å². The molecule has 0 radical (unpaired) electrons. The first kappa shape index (κ1) is 19.2. The van der Waals surface area contributed by atoms with Gasteiger partial charge in [0, 0.05) is 12.6 Å². The molecule has 1 aromatic carbocycles. The molecule has 1 heterocycles. The molecule has 1 fully saturated rings. The number of carbonyl (C=O) groups is 3. The van der Waals surface area contributed by atoms with Gasteiger partial charge in [0.1, 0.15) is 5.75 Å². The molecule has 1 saturated carbocycles. The summed E-state index contributed by atoms with van der Waals surface area (Å²) in [5.74, 6) is -0.360. The van der Waals surface area contributed by atoms with E-state index >= 15 is 0 Å². The molecule has 1 aliphatic carbocycles. The predicted octanol–water partition coefficient (Wildman–Crippen LogP) is 2.18. The minimum Gasteiger partial charge on any atom is -0.479 e. The van der Waals surface area contributed by atoms with Crippen LogP contribution in [0.5, 0.6) is 5.75 Å². The van der Waals surface area contributed by atoms with E-state index in [-0.39, 0.29) is 30.8 Å². The third-order valence-electron chi connectivity index (χ3n) is 4.99. The second-order valence-corrected chi connectivity index (χ2v) is 7.09. The summed E-state index contributed by atoms with van der Waals surface area (Å²) in [4.78, 5) is 38.2. The zero-order valence-electron chi connectivity index (χ0n) is 15.8. The number of rotatable bonds is 6. The Morgan fingerprint density at radius 3 is 2.74 bits per heavy atom. The fraction of sp³-hybridized carbons (Fsp3) is 0.550. The van der Waals surface area contributed by atoms with Crippen molar-refractivity contribution in [3.63, 3.8) is 0 Å². The van der Waals surface area contributed by atoms with Crippen molar-refractivity contribution in [1.29, 1.82) is 0 Å². The molecular weight excluding hydrogens is 348 g/mol. The van der Waals surface area contributed by atoms with Crippen LogP contribution in [0.2, 0.25) is 0 Å². The van der Waals surface area contributed by atoms with E-state index in [1.807, 2.05) is 12.1 Å². The lowest BCUT2D eigenvalue weighted by Gasteiger charge is -2.32. The van der Waals surface area contributed by atoms with Crippen molar-refractivity contribution in [2.24, 2.45) is 0 Å². The number of hydrogen-bond donors (Lipinski definition) is 1. The average Bonchev–Trinajstić information content (AvgIpc) is 3.15. The third kappa shape index (κ3) is 4.59. The molecule has 2 unspecified atom stereocenters. The molecule has 27 heavy (non-hydrogen) atoms. The third-order valence-corrected chi connectivity index (χ3v) is 4.99. The highest BCUT2D eigenvalue weighted by atomic mass is 16.5. The van der Waals surface area contributed by atoms with E-state index in [9.17, 15) is 14.4 Å². The number of fused-ring (bicyclic) bond motifs is 1. The van der Waals surface area contributed by atoms with Crippen LogP contribution in [0.4, 0.5) is 5.69 Å². The van der Waals surface area contributed by atoms with E-state index < -0.39 is 18.2 Å². The quantitative estimate of drug-likeness (QED) is 0.772. The van der Waals surface area contributed by atoms with Crippen molar-refractivity contribution in [3.05, 3.63) is 24.3 Å². The van der Waals surface area contributed by atoms with Crippen molar-refractivity contribution in [2.75, 3.05) is 11.4 Å². The number of para-hydroxylation sites is 2. The summed E-state index contributed by atoms with van der Waals surface area (Å²) < 4.78 is 10.8. The van der Waals surface area contributed by atoms with Crippen LogP contribution >= 0.6 is 0 Å². The van der Waals surface area contributed by atoms with E-state index in [1.54, 1.807) is 26.0 Å². The highest BCUT2D eigenvalue weighted by Crippen LogP contribution is 2.33. The fourth-order valence-electron chi connectivity index (χ4n) is 3.49. The van der Waals surface area contributed by atoms with Crippen LogP contribution in [0.25, 0.3) is 0 Å². The second kappa shape index (κ2) is 8.41. The van der Waals surface area contributed by atoms with E-state index in [2.05, 4.69) is 5.32 Å². The Hall–Kier alpha value is -2.57. The van der Waals surface area contributed by atoms with Crippen LogP contribution in [-0.2, 0) is 19.1 Å². The molecule has 1 aliphatic heterocycles. The van der Waals surface area contributed by atoms with Crippen LogP contribution in [0.1, 0.15) is 46.0 Å². The Morgan fingerprint density at radius 1 is 1.30 bits per heavy atom. The molecule has 2 aliphatic rings. The van der Waals surface area contributed by atoms with Gasteiger partial charge in [-0.1, -0.05) is 25.0 Å². The first-order valence-corrected chi connectivity index (χ1v) is 9.52. The van der Waals surface area contributed by atoms with Gasteiger partial charge in [0.15, 0.2) is 12.2 Å². The summed E-state index contributed by atoms with van der Waals surface area (Å²) >= 11 is 0. The van der Waals surface area contributed by atoms with Crippen LogP contribution in [0.15, 0.2) is 24.3 Å².